The molecule has 1 aliphatic carbocycles. The van der Waals surface area contributed by atoms with E-state index in [1.807, 2.05) is 0 Å². The maximum Gasteiger partial charge on any atom is 0.229 e. The first-order valence-electron chi connectivity index (χ1n) is 5.07. The van der Waals surface area contributed by atoms with E-state index in [1.165, 1.54) is 14.2 Å². The number of aliphatic hydroxyl groups excluding tert-OH is 1. The summed E-state index contributed by atoms with van der Waals surface area (Å²) >= 11 is 0. The van der Waals surface area contributed by atoms with E-state index in [1.54, 1.807) is 6.07 Å². The van der Waals surface area contributed by atoms with E-state index in [9.17, 15) is 5.11 Å². The highest BCUT2D eigenvalue weighted by Crippen LogP contribution is 2.38. The van der Waals surface area contributed by atoms with Gasteiger partial charge in [0, 0.05) is 0 Å². The van der Waals surface area contributed by atoms with Crippen LogP contribution in [-0.2, 0) is 0 Å². The Labute approximate surface area is 93.6 Å². The molecule has 6 heteroatoms. The molecule has 0 atom stereocenters. The van der Waals surface area contributed by atoms with Crippen molar-refractivity contribution in [2.24, 2.45) is 0 Å². The molecule has 16 heavy (non-hydrogen) atoms. The SMILES string of the molecule is COc1cc(OC)nc(NC2(CO)CC2)n1. The van der Waals surface area contributed by atoms with E-state index in [-0.39, 0.29) is 12.1 Å². The van der Waals surface area contributed by atoms with Crippen molar-refractivity contribution in [3.8, 4) is 11.8 Å². The highest BCUT2D eigenvalue weighted by molar-refractivity contribution is 5.38. The van der Waals surface area contributed by atoms with Gasteiger partial charge < -0.3 is 19.9 Å². The second-order valence-corrected chi connectivity index (χ2v) is 3.84. The van der Waals surface area contributed by atoms with Gasteiger partial charge in [0.15, 0.2) is 0 Å². The second-order valence-electron chi connectivity index (χ2n) is 3.84. The molecule has 0 radical (unpaired) electrons. The molecule has 6 nitrogen and oxygen atoms in total. The van der Waals surface area contributed by atoms with Crippen LogP contribution < -0.4 is 14.8 Å². The standard InChI is InChI=1S/C10H15N3O3/c1-15-7-5-8(16-2)12-9(11-7)13-10(6-14)3-4-10/h5,14H,3-4,6H2,1-2H3,(H,11,12,13). The van der Waals surface area contributed by atoms with Crippen LogP contribution in [0.25, 0.3) is 0 Å². The third kappa shape index (κ3) is 2.16. The lowest BCUT2D eigenvalue weighted by Gasteiger charge is -2.14. The number of ether oxygens (including phenoxy) is 2. The van der Waals surface area contributed by atoms with Crippen LogP contribution >= 0.6 is 0 Å². The van der Waals surface area contributed by atoms with Crippen LogP contribution in [0.5, 0.6) is 11.8 Å². The monoisotopic (exact) mass is 225 g/mol. The summed E-state index contributed by atoms with van der Waals surface area (Å²) in [7, 11) is 3.06. The van der Waals surface area contributed by atoms with Gasteiger partial charge in [0.2, 0.25) is 17.7 Å². The molecular weight excluding hydrogens is 210 g/mol. The van der Waals surface area contributed by atoms with Crippen molar-refractivity contribution in [1.82, 2.24) is 9.97 Å². The number of aliphatic hydroxyl groups is 1. The lowest BCUT2D eigenvalue weighted by atomic mass is 10.3. The van der Waals surface area contributed by atoms with E-state index in [0.29, 0.717) is 17.7 Å². The largest absolute Gasteiger partial charge is 0.481 e. The first-order valence-corrected chi connectivity index (χ1v) is 5.07. The molecule has 0 unspecified atom stereocenters. The highest BCUT2D eigenvalue weighted by atomic mass is 16.5. The van der Waals surface area contributed by atoms with Gasteiger partial charge in [0.25, 0.3) is 0 Å². The van der Waals surface area contributed by atoms with Gasteiger partial charge in [0.1, 0.15) is 0 Å². The van der Waals surface area contributed by atoms with E-state index in [4.69, 9.17) is 9.47 Å². The lowest BCUT2D eigenvalue weighted by molar-refractivity contribution is 0.265. The predicted molar refractivity (Wildman–Crippen MR) is 57.8 cm³/mol. The topological polar surface area (TPSA) is 76.5 Å². The first-order chi connectivity index (χ1) is 7.71. The van der Waals surface area contributed by atoms with Crippen LogP contribution in [0, 0.1) is 0 Å². The molecule has 1 aromatic heterocycles. The van der Waals surface area contributed by atoms with E-state index in [2.05, 4.69) is 15.3 Å². The summed E-state index contributed by atoms with van der Waals surface area (Å²) in [5, 5.41) is 12.3. The molecule has 2 rings (SSSR count). The van der Waals surface area contributed by atoms with Crippen LogP contribution in [0.15, 0.2) is 6.07 Å². The fourth-order valence-electron chi connectivity index (χ4n) is 1.38. The van der Waals surface area contributed by atoms with Crippen molar-refractivity contribution >= 4 is 5.95 Å². The van der Waals surface area contributed by atoms with Crippen molar-refractivity contribution in [1.29, 1.82) is 0 Å². The van der Waals surface area contributed by atoms with Crippen LogP contribution in [0.2, 0.25) is 0 Å². The fraction of sp³-hybridized carbons (Fsp3) is 0.600. The smallest absolute Gasteiger partial charge is 0.229 e. The summed E-state index contributed by atoms with van der Waals surface area (Å²) in [6.07, 6.45) is 1.85. The molecular formula is C10H15N3O3. The molecule has 0 aromatic carbocycles. The zero-order valence-corrected chi connectivity index (χ0v) is 9.36. The average Bonchev–Trinajstić information content (AvgIpc) is 3.09. The van der Waals surface area contributed by atoms with E-state index >= 15 is 0 Å². The predicted octanol–water partition coefficient (Wildman–Crippen LogP) is 0.431. The molecule has 0 bridgehead atoms. The van der Waals surface area contributed by atoms with Gasteiger partial charge in [-0.2, -0.15) is 9.97 Å². The van der Waals surface area contributed by atoms with Crippen molar-refractivity contribution in [3.63, 3.8) is 0 Å². The third-order valence-electron chi connectivity index (χ3n) is 2.63. The Kier molecular flexibility index (Phi) is 2.82. The second kappa shape index (κ2) is 4.13. The fourth-order valence-corrected chi connectivity index (χ4v) is 1.38. The Morgan fingerprint density at radius 2 is 1.88 bits per heavy atom. The zero-order chi connectivity index (χ0) is 11.6. The van der Waals surface area contributed by atoms with Gasteiger partial charge in [-0.1, -0.05) is 0 Å². The minimum Gasteiger partial charge on any atom is -0.481 e. The maximum atomic E-state index is 9.19. The Morgan fingerprint density at radius 1 is 1.31 bits per heavy atom. The summed E-state index contributed by atoms with van der Waals surface area (Å²) in [4.78, 5) is 8.27. The summed E-state index contributed by atoms with van der Waals surface area (Å²) in [5.41, 5.74) is -0.253. The van der Waals surface area contributed by atoms with Crippen LogP contribution in [0.3, 0.4) is 0 Å². The van der Waals surface area contributed by atoms with Crippen LogP contribution in [-0.4, -0.2) is 41.4 Å². The van der Waals surface area contributed by atoms with Gasteiger partial charge in [-0.25, -0.2) is 0 Å². The number of nitrogens with zero attached hydrogens (tertiary/aromatic N) is 2. The lowest BCUT2D eigenvalue weighted by Crippen LogP contribution is -2.26. The molecule has 1 saturated carbocycles. The number of nitrogens with one attached hydrogen (secondary N) is 1. The summed E-state index contributed by atoms with van der Waals surface area (Å²) in [6.45, 7) is 0.0793. The Morgan fingerprint density at radius 3 is 2.25 bits per heavy atom. The normalized spacial score (nSPS) is 16.7. The summed E-state index contributed by atoms with van der Waals surface area (Å²) < 4.78 is 10.1. The molecule has 88 valence electrons. The molecule has 0 aliphatic heterocycles. The van der Waals surface area contributed by atoms with E-state index < -0.39 is 0 Å². The minimum atomic E-state index is -0.253. The molecule has 0 amide bonds. The number of rotatable bonds is 5. The number of hydrogen-bond donors (Lipinski definition) is 2. The molecule has 1 aromatic rings. The quantitative estimate of drug-likeness (QED) is 0.756. The number of aromatic nitrogens is 2. The molecule has 1 fully saturated rings. The van der Waals surface area contributed by atoms with Crippen LogP contribution in [0.4, 0.5) is 5.95 Å². The zero-order valence-electron chi connectivity index (χ0n) is 9.36. The van der Waals surface area contributed by atoms with Gasteiger partial charge in [-0.15, -0.1) is 0 Å². The average molecular weight is 225 g/mol. The number of methoxy groups -OCH3 is 2. The molecule has 0 spiro atoms. The molecule has 2 N–H and O–H groups in total. The van der Waals surface area contributed by atoms with Crippen molar-refractivity contribution in [2.45, 2.75) is 18.4 Å². The third-order valence-corrected chi connectivity index (χ3v) is 2.63. The van der Waals surface area contributed by atoms with Crippen molar-refractivity contribution in [3.05, 3.63) is 6.07 Å². The van der Waals surface area contributed by atoms with Crippen molar-refractivity contribution < 1.29 is 14.6 Å². The number of hydrogen-bond acceptors (Lipinski definition) is 6. The Balaban J connectivity index is 2.19. The molecule has 1 aliphatic rings. The van der Waals surface area contributed by atoms with E-state index in [0.717, 1.165) is 12.8 Å². The first kappa shape index (κ1) is 10.9. The highest BCUT2D eigenvalue weighted by Gasteiger charge is 2.42. The van der Waals surface area contributed by atoms with Crippen LogP contribution in [0.1, 0.15) is 12.8 Å². The molecule has 0 saturated heterocycles. The van der Waals surface area contributed by atoms with Gasteiger partial charge in [-0.3, -0.25) is 0 Å². The maximum absolute atomic E-state index is 9.19. The van der Waals surface area contributed by atoms with Gasteiger partial charge in [-0.05, 0) is 12.8 Å². The number of anilines is 1. The minimum absolute atomic E-state index is 0.0793. The summed E-state index contributed by atoms with van der Waals surface area (Å²) in [5.74, 6) is 1.29. The van der Waals surface area contributed by atoms with Gasteiger partial charge in [0.05, 0.1) is 32.4 Å². The summed E-state index contributed by atoms with van der Waals surface area (Å²) in [6, 6.07) is 1.60. The molecule has 1 heterocycles. The van der Waals surface area contributed by atoms with Gasteiger partial charge >= 0.3 is 0 Å². The Hall–Kier alpha value is -1.56. The van der Waals surface area contributed by atoms with Crippen molar-refractivity contribution in [2.75, 3.05) is 26.1 Å². The Bertz CT molecular complexity index is 357.